The Kier molecular flexibility index (Phi) is 5.01. The minimum atomic E-state index is -2.99. The Morgan fingerprint density at radius 1 is 1.42 bits per heavy atom. The third-order valence-corrected chi connectivity index (χ3v) is 5.24. The van der Waals surface area contributed by atoms with E-state index in [1.807, 2.05) is 0 Å². The molecule has 5 nitrogen and oxygen atoms in total. The van der Waals surface area contributed by atoms with Crippen LogP contribution in [0.1, 0.15) is 34.1 Å². The first kappa shape index (κ1) is 16.4. The van der Waals surface area contributed by atoms with Gasteiger partial charge >= 0.3 is 0 Å². The molecule has 0 aromatic carbocycles. The number of rotatable bonds is 3. The molecule has 1 aliphatic rings. The normalized spacial score (nSPS) is 25.1. The number of carbonyl (C=O) groups is 1. The maximum atomic E-state index is 12.5. The van der Waals surface area contributed by atoms with Gasteiger partial charge in [-0.05, 0) is 18.8 Å². The van der Waals surface area contributed by atoms with Gasteiger partial charge in [-0.3, -0.25) is 4.79 Å². The lowest BCUT2D eigenvalue weighted by Gasteiger charge is -2.36. The summed E-state index contributed by atoms with van der Waals surface area (Å²) in [6, 6.07) is -0.250. The zero-order valence-electron chi connectivity index (χ0n) is 12.3. The van der Waals surface area contributed by atoms with Gasteiger partial charge in [-0.1, -0.05) is 20.8 Å². The summed E-state index contributed by atoms with van der Waals surface area (Å²) in [4.78, 5) is 14.2. The predicted molar refractivity (Wildman–Crippen MR) is 76.4 cm³/mol. The summed E-state index contributed by atoms with van der Waals surface area (Å²) in [6.45, 7) is 8.63. The van der Waals surface area contributed by atoms with E-state index in [-0.39, 0.29) is 34.8 Å². The van der Waals surface area contributed by atoms with Gasteiger partial charge in [0.1, 0.15) is 0 Å². The molecule has 2 N–H and O–H groups in total. The molecule has 0 aliphatic carbocycles. The lowest BCUT2D eigenvalue weighted by Crippen LogP contribution is -2.52. The van der Waals surface area contributed by atoms with Crippen molar-refractivity contribution in [3.8, 4) is 0 Å². The molecule has 0 spiro atoms. The average molecular weight is 290 g/mol. The molecule has 1 fully saturated rings. The van der Waals surface area contributed by atoms with Gasteiger partial charge in [0.25, 0.3) is 0 Å². The fourth-order valence-electron chi connectivity index (χ4n) is 2.57. The topological polar surface area (TPSA) is 80.5 Å². The lowest BCUT2D eigenvalue weighted by molar-refractivity contribution is -0.137. The number of amides is 1. The highest BCUT2D eigenvalue weighted by atomic mass is 32.2. The molecule has 1 saturated heterocycles. The molecule has 112 valence electrons. The fraction of sp³-hybridized carbons (Fsp3) is 0.923. The molecule has 0 aromatic rings. The van der Waals surface area contributed by atoms with Gasteiger partial charge < -0.3 is 10.6 Å². The first-order valence-electron chi connectivity index (χ1n) is 6.77. The molecule has 2 atom stereocenters. The number of sulfone groups is 1. The van der Waals surface area contributed by atoms with Crippen molar-refractivity contribution in [2.24, 2.45) is 17.1 Å². The minimum absolute atomic E-state index is 0.000162. The van der Waals surface area contributed by atoms with E-state index >= 15 is 0 Å². The van der Waals surface area contributed by atoms with E-state index in [2.05, 4.69) is 20.8 Å². The van der Waals surface area contributed by atoms with Crippen LogP contribution < -0.4 is 5.73 Å². The molecule has 0 bridgehead atoms. The highest BCUT2D eigenvalue weighted by Crippen LogP contribution is 2.26. The lowest BCUT2D eigenvalue weighted by atomic mass is 9.84. The molecule has 6 heteroatoms. The van der Waals surface area contributed by atoms with Crippen LogP contribution in [0.4, 0.5) is 0 Å². The van der Waals surface area contributed by atoms with Crippen LogP contribution in [-0.2, 0) is 14.6 Å². The van der Waals surface area contributed by atoms with Crippen molar-refractivity contribution in [2.45, 2.75) is 40.2 Å². The van der Waals surface area contributed by atoms with Gasteiger partial charge in [-0.2, -0.15) is 0 Å². The molecule has 1 rings (SSSR count). The maximum Gasteiger partial charge on any atom is 0.227 e. The molecule has 19 heavy (non-hydrogen) atoms. The van der Waals surface area contributed by atoms with Crippen molar-refractivity contribution in [2.75, 3.05) is 24.6 Å². The Labute approximate surface area is 116 Å². The van der Waals surface area contributed by atoms with Crippen LogP contribution in [0, 0.1) is 11.3 Å². The molecule has 0 radical (unpaired) electrons. The van der Waals surface area contributed by atoms with E-state index in [9.17, 15) is 13.2 Å². The van der Waals surface area contributed by atoms with Crippen LogP contribution in [0.2, 0.25) is 0 Å². The van der Waals surface area contributed by atoms with Crippen LogP contribution in [0.5, 0.6) is 0 Å². The highest BCUT2D eigenvalue weighted by Gasteiger charge is 2.35. The number of hydrogen-bond donors (Lipinski definition) is 1. The Hall–Kier alpha value is -0.620. The maximum absolute atomic E-state index is 12.5. The zero-order valence-corrected chi connectivity index (χ0v) is 13.2. The Morgan fingerprint density at radius 2 is 2.00 bits per heavy atom. The van der Waals surface area contributed by atoms with Crippen molar-refractivity contribution in [3.05, 3.63) is 0 Å². The second-order valence-corrected chi connectivity index (χ2v) is 8.92. The molecule has 1 amide bonds. The van der Waals surface area contributed by atoms with Crippen molar-refractivity contribution in [3.63, 3.8) is 0 Å². The second-order valence-electron chi connectivity index (χ2n) is 6.69. The average Bonchev–Trinajstić information content (AvgIpc) is 2.22. The van der Waals surface area contributed by atoms with Crippen LogP contribution in [0.3, 0.4) is 0 Å². The molecule has 0 aromatic heterocycles. The van der Waals surface area contributed by atoms with Gasteiger partial charge in [-0.15, -0.1) is 0 Å². The quantitative estimate of drug-likeness (QED) is 0.827. The van der Waals surface area contributed by atoms with E-state index < -0.39 is 9.84 Å². The predicted octanol–water partition coefficient (Wildman–Crippen LogP) is 0.643. The minimum Gasteiger partial charge on any atom is -0.338 e. The summed E-state index contributed by atoms with van der Waals surface area (Å²) in [5.41, 5.74) is 5.75. The standard InChI is InChI=1S/C13H26N2O3S/c1-10-9-19(17,18)6-5-15(10)12(16)11(8-14)7-13(2,3)4/h10-11H,5-9,14H2,1-4H3. The largest absolute Gasteiger partial charge is 0.338 e. The van der Waals surface area contributed by atoms with E-state index in [1.54, 1.807) is 11.8 Å². The summed E-state index contributed by atoms with van der Waals surface area (Å²) in [7, 11) is -2.99. The summed E-state index contributed by atoms with van der Waals surface area (Å²) in [6.07, 6.45) is 0.721. The third-order valence-electron chi connectivity index (χ3n) is 3.45. The van der Waals surface area contributed by atoms with E-state index in [4.69, 9.17) is 5.73 Å². The van der Waals surface area contributed by atoms with Crippen molar-refractivity contribution in [1.29, 1.82) is 0 Å². The van der Waals surface area contributed by atoms with Crippen LogP contribution >= 0.6 is 0 Å². The molecular formula is C13H26N2O3S. The first-order valence-corrected chi connectivity index (χ1v) is 8.59. The summed E-state index contributed by atoms with van der Waals surface area (Å²) >= 11 is 0. The number of carbonyl (C=O) groups excluding carboxylic acids is 1. The highest BCUT2D eigenvalue weighted by molar-refractivity contribution is 7.91. The van der Waals surface area contributed by atoms with Gasteiger partial charge in [0.05, 0.1) is 17.4 Å². The van der Waals surface area contributed by atoms with E-state index in [1.165, 1.54) is 0 Å². The summed E-state index contributed by atoms with van der Waals surface area (Å²) < 4.78 is 23.1. The molecule has 1 aliphatic heterocycles. The SMILES string of the molecule is CC1CS(=O)(=O)CCN1C(=O)C(CN)CC(C)(C)C. The Morgan fingerprint density at radius 3 is 2.42 bits per heavy atom. The summed E-state index contributed by atoms with van der Waals surface area (Å²) in [5.74, 6) is -0.0929. The van der Waals surface area contributed by atoms with Gasteiger partial charge in [0.2, 0.25) is 5.91 Å². The molecular weight excluding hydrogens is 264 g/mol. The van der Waals surface area contributed by atoms with Gasteiger partial charge in [0.15, 0.2) is 9.84 Å². The first-order chi connectivity index (χ1) is 8.56. The zero-order chi connectivity index (χ0) is 14.8. The second kappa shape index (κ2) is 5.79. The Balaban J connectivity index is 2.76. The van der Waals surface area contributed by atoms with E-state index in [0.717, 1.165) is 6.42 Å². The molecule has 1 heterocycles. The summed E-state index contributed by atoms with van der Waals surface area (Å²) in [5, 5.41) is 0. The van der Waals surface area contributed by atoms with Gasteiger partial charge in [-0.25, -0.2) is 8.42 Å². The fourth-order valence-corrected chi connectivity index (χ4v) is 4.13. The monoisotopic (exact) mass is 290 g/mol. The van der Waals surface area contributed by atoms with Crippen molar-refractivity contribution in [1.82, 2.24) is 4.90 Å². The molecule has 0 saturated carbocycles. The van der Waals surface area contributed by atoms with Crippen LogP contribution in [0.25, 0.3) is 0 Å². The van der Waals surface area contributed by atoms with E-state index in [0.29, 0.717) is 13.1 Å². The van der Waals surface area contributed by atoms with Crippen molar-refractivity contribution >= 4 is 15.7 Å². The van der Waals surface area contributed by atoms with Gasteiger partial charge in [0, 0.05) is 19.1 Å². The number of nitrogens with two attached hydrogens (primary N) is 1. The Bertz CT molecular complexity index is 426. The number of hydrogen-bond acceptors (Lipinski definition) is 4. The number of nitrogens with zero attached hydrogens (tertiary/aromatic N) is 1. The third kappa shape index (κ3) is 4.76. The van der Waals surface area contributed by atoms with Crippen molar-refractivity contribution < 1.29 is 13.2 Å². The van der Waals surface area contributed by atoms with Crippen LogP contribution in [0.15, 0.2) is 0 Å². The van der Waals surface area contributed by atoms with Crippen LogP contribution in [-0.4, -0.2) is 49.9 Å². The molecule has 2 unspecified atom stereocenters. The smallest absolute Gasteiger partial charge is 0.227 e.